The summed E-state index contributed by atoms with van der Waals surface area (Å²) in [5, 5.41) is 11.5. The molecule has 0 spiro atoms. The molecule has 0 aliphatic rings. The Morgan fingerprint density at radius 2 is 2.00 bits per heavy atom. The van der Waals surface area contributed by atoms with Crippen molar-refractivity contribution in [1.82, 2.24) is 0 Å². The molecule has 0 unspecified atom stereocenters. The molecular formula is C15H11F2N3O. The van der Waals surface area contributed by atoms with Crippen LogP contribution in [0.4, 0.5) is 20.2 Å². The first kappa shape index (κ1) is 14.5. The van der Waals surface area contributed by atoms with Crippen molar-refractivity contribution in [3.05, 3.63) is 58.7 Å². The van der Waals surface area contributed by atoms with Crippen LogP contribution >= 0.6 is 0 Å². The lowest BCUT2D eigenvalue weighted by Gasteiger charge is -2.10. The number of benzene rings is 2. The maximum atomic E-state index is 13.6. The molecular weight excluding hydrogens is 276 g/mol. The maximum absolute atomic E-state index is 13.6. The molecule has 4 nitrogen and oxygen atoms in total. The van der Waals surface area contributed by atoms with Gasteiger partial charge in [0.1, 0.15) is 17.7 Å². The Hall–Kier alpha value is -2.94. The van der Waals surface area contributed by atoms with Gasteiger partial charge in [0, 0.05) is 6.07 Å². The zero-order chi connectivity index (χ0) is 15.6. The van der Waals surface area contributed by atoms with Gasteiger partial charge in [-0.1, -0.05) is 12.1 Å². The van der Waals surface area contributed by atoms with E-state index in [9.17, 15) is 13.6 Å². The molecule has 0 saturated carbocycles. The van der Waals surface area contributed by atoms with Crippen LogP contribution in [-0.4, -0.2) is 5.91 Å². The fourth-order valence-corrected chi connectivity index (χ4v) is 1.85. The van der Waals surface area contributed by atoms with Gasteiger partial charge in [0.05, 0.1) is 22.5 Å². The van der Waals surface area contributed by atoms with Crippen LogP contribution in [0.25, 0.3) is 0 Å². The molecule has 0 bridgehead atoms. The number of halogens is 2. The number of anilines is 2. The number of nitrogen functional groups attached to an aromatic ring is 1. The highest BCUT2D eigenvalue weighted by atomic mass is 19.1. The number of rotatable bonds is 2. The molecule has 2 aromatic rings. The Morgan fingerprint density at radius 3 is 2.67 bits per heavy atom. The van der Waals surface area contributed by atoms with Crippen LogP contribution in [0.3, 0.4) is 0 Å². The second-order valence-corrected chi connectivity index (χ2v) is 4.42. The second kappa shape index (κ2) is 5.59. The van der Waals surface area contributed by atoms with Crippen LogP contribution in [0.1, 0.15) is 21.5 Å². The van der Waals surface area contributed by atoms with Gasteiger partial charge in [-0.15, -0.1) is 0 Å². The summed E-state index contributed by atoms with van der Waals surface area (Å²) in [5.41, 5.74) is 5.82. The zero-order valence-electron chi connectivity index (χ0n) is 11.1. The highest BCUT2D eigenvalue weighted by molar-refractivity contribution is 6.05. The van der Waals surface area contributed by atoms with E-state index in [-0.39, 0.29) is 22.5 Å². The number of hydrogen-bond donors (Lipinski definition) is 2. The third kappa shape index (κ3) is 2.82. The van der Waals surface area contributed by atoms with Gasteiger partial charge < -0.3 is 11.1 Å². The predicted molar refractivity (Wildman–Crippen MR) is 74.6 cm³/mol. The first-order valence-electron chi connectivity index (χ1n) is 5.99. The number of nitrogens with zero attached hydrogens (tertiary/aromatic N) is 1. The second-order valence-electron chi connectivity index (χ2n) is 4.42. The molecule has 0 radical (unpaired) electrons. The number of amides is 1. The highest BCUT2D eigenvalue weighted by Gasteiger charge is 2.16. The number of nitrogens with two attached hydrogens (primary N) is 1. The minimum atomic E-state index is -1.02. The smallest absolute Gasteiger partial charge is 0.258 e. The number of hydrogen-bond acceptors (Lipinski definition) is 3. The lowest BCUT2D eigenvalue weighted by atomic mass is 10.1. The first-order valence-corrected chi connectivity index (χ1v) is 5.99. The quantitative estimate of drug-likeness (QED) is 0.833. The van der Waals surface area contributed by atoms with Crippen molar-refractivity contribution in [2.24, 2.45) is 0 Å². The molecule has 2 rings (SSSR count). The average molecular weight is 287 g/mol. The van der Waals surface area contributed by atoms with Crippen molar-refractivity contribution in [3.63, 3.8) is 0 Å². The van der Waals surface area contributed by atoms with Gasteiger partial charge in [0.25, 0.3) is 5.91 Å². The Bertz CT molecular complexity index is 766. The predicted octanol–water partition coefficient (Wildman–Crippen LogP) is 2.98. The number of carbonyl (C=O) groups is 1. The summed E-state index contributed by atoms with van der Waals surface area (Å²) >= 11 is 0. The molecule has 0 saturated heterocycles. The van der Waals surface area contributed by atoms with E-state index in [4.69, 9.17) is 11.0 Å². The fourth-order valence-electron chi connectivity index (χ4n) is 1.85. The lowest BCUT2D eigenvalue weighted by Crippen LogP contribution is -2.15. The van der Waals surface area contributed by atoms with Crippen LogP contribution in [0, 0.1) is 29.9 Å². The lowest BCUT2D eigenvalue weighted by molar-refractivity contribution is 0.102. The van der Waals surface area contributed by atoms with Crippen molar-refractivity contribution in [1.29, 1.82) is 5.26 Å². The summed E-state index contributed by atoms with van der Waals surface area (Å²) < 4.78 is 26.7. The SMILES string of the molecule is Cc1cccc(NC(=O)c2cc(N)c(F)cc2F)c1C#N. The van der Waals surface area contributed by atoms with Crippen molar-refractivity contribution in [2.45, 2.75) is 6.92 Å². The van der Waals surface area contributed by atoms with Crippen molar-refractivity contribution < 1.29 is 13.6 Å². The average Bonchev–Trinajstić information content (AvgIpc) is 2.43. The Labute approximate surface area is 119 Å². The Balaban J connectivity index is 2.38. The molecule has 3 N–H and O–H groups in total. The largest absolute Gasteiger partial charge is 0.396 e. The normalized spacial score (nSPS) is 10.0. The number of aryl methyl sites for hydroxylation is 1. The summed E-state index contributed by atoms with van der Waals surface area (Å²) in [6.45, 7) is 1.71. The summed E-state index contributed by atoms with van der Waals surface area (Å²) in [7, 11) is 0. The Kier molecular flexibility index (Phi) is 3.85. The molecule has 0 fully saturated rings. The highest BCUT2D eigenvalue weighted by Crippen LogP contribution is 2.21. The van der Waals surface area contributed by atoms with E-state index in [0.717, 1.165) is 6.07 Å². The molecule has 6 heteroatoms. The monoisotopic (exact) mass is 287 g/mol. The van der Waals surface area contributed by atoms with E-state index >= 15 is 0 Å². The van der Waals surface area contributed by atoms with E-state index in [1.54, 1.807) is 19.1 Å². The van der Waals surface area contributed by atoms with E-state index in [1.807, 2.05) is 6.07 Å². The third-order valence-electron chi connectivity index (χ3n) is 2.96. The maximum Gasteiger partial charge on any atom is 0.258 e. The molecule has 0 aliphatic carbocycles. The molecule has 0 aromatic heterocycles. The van der Waals surface area contributed by atoms with Crippen molar-refractivity contribution in [3.8, 4) is 6.07 Å². The van der Waals surface area contributed by atoms with Crippen LogP contribution < -0.4 is 11.1 Å². The van der Waals surface area contributed by atoms with Crippen LogP contribution in [0.5, 0.6) is 0 Å². The summed E-state index contributed by atoms with van der Waals surface area (Å²) in [6, 6.07) is 8.32. The first-order chi connectivity index (χ1) is 9.93. The topological polar surface area (TPSA) is 78.9 Å². The number of nitriles is 1. The third-order valence-corrected chi connectivity index (χ3v) is 2.96. The van der Waals surface area contributed by atoms with Crippen molar-refractivity contribution >= 4 is 17.3 Å². The van der Waals surface area contributed by atoms with E-state index in [0.29, 0.717) is 11.6 Å². The molecule has 0 aliphatic heterocycles. The Morgan fingerprint density at radius 1 is 1.29 bits per heavy atom. The van der Waals surface area contributed by atoms with Gasteiger partial charge in [-0.05, 0) is 24.6 Å². The molecule has 106 valence electrons. The van der Waals surface area contributed by atoms with E-state index in [1.165, 1.54) is 6.07 Å². The van der Waals surface area contributed by atoms with Gasteiger partial charge in [-0.2, -0.15) is 5.26 Å². The van der Waals surface area contributed by atoms with Gasteiger partial charge in [-0.25, -0.2) is 8.78 Å². The minimum Gasteiger partial charge on any atom is -0.396 e. The number of carbonyl (C=O) groups excluding carboxylic acids is 1. The van der Waals surface area contributed by atoms with Crippen molar-refractivity contribution in [2.75, 3.05) is 11.1 Å². The minimum absolute atomic E-state index is 0.254. The van der Waals surface area contributed by atoms with Gasteiger partial charge in [-0.3, -0.25) is 4.79 Å². The number of nitrogens with one attached hydrogen (secondary N) is 1. The molecule has 0 heterocycles. The molecule has 0 atom stereocenters. The summed E-state index contributed by atoms with van der Waals surface area (Å²) in [4.78, 5) is 12.0. The van der Waals surface area contributed by atoms with E-state index < -0.39 is 17.5 Å². The van der Waals surface area contributed by atoms with Gasteiger partial charge in [0.15, 0.2) is 0 Å². The fraction of sp³-hybridized carbons (Fsp3) is 0.0667. The standard InChI is InChI=1S/C15H11F2N3O/c1-8-3-2-4-14(10(8)7-18)20-15(21)9-5-13(19)12(17)6-11(9)16/h2-6H,19H2,1H3,(H,20,21). The van der Waals surface area contributed by atoms with Crippen LogP contribution in [0.2, 0.25) is 0 Å². The molecule has 2 aromatic carbocycles. The van der Waals surface area contributed by atoms with Crippen LogP contribution in [0.15, 0.2) is 30.3 Å². The molecule has 1 amide bonds. The van der Waals surface area contributed by atoms with Crippen LogP contribution in [-0.2, 0) is 0 Å². The van der Waals surface area contributed by atoms with Gasteiger partial charge >= 0.3 is 0 Å². The molecule has 21 heavy (non-hydrogen) atoms. The summed E-state index contributed by atoms with van der Waals surface area (Å²) in [6.07, 6.45) is 0. The summed E-state index contributed by atoms with van der Waals surface area (Å²) in [5.74, 6) is -2.76. The van der Waals surface area contributed by atoms with E-state index in [2.05, 4.69) is 5.32 Å². The van der Waals surface area contributed by atoms with Gasteiger partial charge in [0.2, 0.25) is 0 Å². The zero-order valence-corrected chi connectivity index (χ0v) is 11.1.